The van der Waals surface area contributed by atoms with Crippen molar-refractivity contribution < 1.29 is 14.7 Å². The van der Waals surface area contributed by atoms with E-state index >= 15 is 0 Å². The summed E-state index contributed by atoms with van der Waals surface area (Å²) in [5.41, 5.74) is 0. The first-order chi connectivity index (χ1) is 8.09. The lowest BCUT2D eigenvalue weighted by Crippen LogP contribution is -2.41. The lowest BCUT2D eigenvalue weighted by Gasteiger charge is -2.30. The molecule has 1 saturated carbocycles. The van der Waals surface area contributed by atoms with E-state index in [0.717, 1.165) is 38.8 Å². The SMILES string of the molecule is CC1CCN(C(=O)[C@@H]2CCCC[C@@H]2C(=O)O)C1. The average molecular weight is 239 g/mol. The van der Waals surface area contributed by atoms with Crippen LogP contribution in [0, 0.1) is 17.8 Å². The van der Waals surface area contributed by atoms with Crippen LogP contribution in [0.1, 0.15) is 39.0 Å². The van der Waals surface area contributed by atoms with Crippen LogP contribution in [0.3, 0.4) is 0 Å². The largest absolute Gasteiger partial charge is 0.481 e. The van der Waals surface area contributed by atoms with Gasteiger partial charge in [0.05, 0.1) is 11.8 Å². The molecule has 1 unspecified atom stereocenters. The van der Waals surface area contributed by atoms with Gasteiger partial charge in [0.1, 0.15) is 0 Å². The maximum absolute atomic E-state index is 12.3. The fourth-order valence-corrected chi connectivity index (χ4v) is 3.09. The summed E-state index contributed by atoms with van der Waals surface area (Å²) in [6.45, 7) is 3.76. The molecule has 1 amide bonds. The Labute approximate surface area is 102 Å². The van der Waals surface area contributed by atoms with Gasteiger partial charge in [-0.2, -0.15) is 0 Å². The fraction of sp³-hybridized carbons (Fsp3) is 0.846. The smallest absolute Gasteiger partial charge is 0.307 e. The van der Waals surface area contributed by atoms with E-state index in [1.54, 1.807) is 0 Å². The van der Waals surface area contributed by atoms with Crippen LogP contribution in [0.15, 0.2) is 0 Å². The van der Waals surface area contributed by atoms with E-state index in [2.05, 4.69) is 6.92 Å². The van der Waals surface area contributed by atoms with Crippen LogP contribution in [-0.4, -0.2) is 35.0 Å². The minimum Gasteiger partial charge on any atom is -0.481 e. The zero-order chi connectivity index (χ0) is 12.4. The Kier molecular flexibility index (Phi) is 3.69. The Hall–Kier alpha value is -1.06. The van der Waals surface area contributed by atoms with Crippen molar-refractivity contribution in [2.45, 2.75) is 39.0 Å². The number of carbonyl (C=O) groups is 2. The molecule has 2 fully saturated rings. The Morgan fingerprint density at radius 2 is 1.76 bits per heavy atom. The van der Waals surface area contributed by atoms with E-state index in [-0.39, 0.29) is 11.8 Å². The van der Waals surface area contributed by atoms with E-state index in [0.29, 0.717) is 12.3 Å². The lowest BCUT2D eigenvalue weighted by atomic mass is 9.78. The van der Waals surface area contributed by atoms with Crippen molar-refractivity contribution in [3.63, 3.8) is 0 Å². The number of hydrogen-bond acceptors (Lipinski definition) is 2. The van der Waals surface area contributed by atoms with Crippen LogP contribution < -0.4 is 0 Å². The van der Waals surface area contributed by atoms with Crippen molar-refractivity contribution in [2.24, 2.45) is 17.8 Å². The van der Waals surface area contributed by atoms with Crippen LogP contribution in [0.25, 0.3) is 0 Å². The molecule has 0 aromatic heterocycles. The third-order valence-corrected chi connectivity index (χ3v) is 4.14. The summed E-state index contributed by atoms with van der Waals surface area (Å²) in [6, 6.07) is 0. The molecule has 1 heterocycles. The highest BCUT2D eigenvalue weighted by Crippen LogP contribution is 2.33. The molecule has 2 aliphatic rings. The van der Waals surface area contributed by atoms with Gasteiger partial charge in [-0.3, -0.25) is 9.59 Å². The monoisotopic (exact) mass is 239 g/mol. The number of likely N-dealkylation sites (tertiary alicyclic amines) is 1. The summed E-state index contributed by atoms with van der Waals surface area (Å²) < 4.78 is 0. The first-order valence-electron chi connectivity index (χ1n) is 6.61. The number of hydrogen-bond donors (Lipinski definition) is 1. The van der Waals surface area contributed by atoms with E-state index in [1.807, 2.05) is 4.90 Å². The highest BCUT2D eigenvalue weighted by Gasteiger charge is 2.39. The molecule has 4 heteroatoms. The Bertz CT molecular complexity index is 316. The summed E-state index contributed by atoms with van der Waals surface area (Å²) in [6.07, 6.45) is 4.40. The molecule has 0 bridgehead atoms. The molecule has 0 aromatic rings. The molecule has 0 radical (unpaired) electrons. The average Bonchev–Trinajstić information content (AvgIpc) is 2.75. The van der Waals surface area contributed by atoms with Crippen LogP contribution >= 0.6 is 0 Å². The standard InChI is InChI=1S/C13H21NO3/c1-9-6-7-14(8-9)12(15)10-4-2-3-5-11(10)13(16)17/h9-11H,2-8H2,1H3,(H,16,17)/t9?,10-,11+/m1/s1. The number of carboxylic acids is 1. The third-order valence-electron chi connectivity index (χ3n) is 4.14. The van der Waals surface area contributed by atoms with Gasteiger partial charge in [0.25, 0.3) is 0 Å². The first-order valence-corrected chi connectivity index (χ1v) is 6.61. The predicted molar refractivity (Wildman–Crippen MR) is 63.4 cm³/mol. The van der Waals surface area contributed by atoms with Crippen molar-refractivity contribution in [1.29, 1.82) is 0 Å². The normalized spacial score (nSPS) is 33.7. The summed E-state index contributed by atoms with van der Waals surface area (Å²) >= 11 is 0. The summed E-state index contributed by atoms with van der Waals surface area (Å²) in [4.78, 5) is 25.4. The van der Waals surface area contributed by atoms with Gasteiger partial charge in [0.2, 0.25) is 5.91 Å². The Balaban J connectivity index is 2.03. The van der Waals surface area contributed by atoms with Gasteiger partial charge in [0.15, 0.2) is 0 Å². The fourth-order valence-electron chi connectivity index (χ4n) is 3.09. The molecule has 1 N–H and O–H groups in total. The third kappa shape index (κ3) is 2.61. The molecule has 17 heavy (non-hydrogen) atoms. The van der Waals surface area contributed by atoms with Crippen molar-refractivity contribution in [2.75, 3.05) is 13.1 Å². The van der Waals surface area contributed by atoms with Crippen LogP contribution in [0.4, 0.5) is 0 Å². The second-order valence-electron chi connectivity index (χ2n) is 5.51. The number of rotatable bonds is 2. The zero-order valence-electron chi connectivity index (χ0n) is 10.4. The van der Waals surface area contributed by atoms with Gasteiger partial charge in [-0.05, 0) is 25.2 Å². The topological polar surface area (TPSA) is 57.6 Å². The molecular weight excluding hydrogens is 218 g/mol. The van der Waals surface area contributed by atoms with Gasteiger partial charge in [0, 0.05) is 13.1 Å². The molecule has 0 spiro atoms. The number of nitrogens with zero attached hydrogens (tertiary/aromatic N) is 1. The van der Waals surface area contributed by atoms with Crippen molar-refractivity contribution in [1.82, 2.24) is 4.90 Å². The number of amides is 1. The highest BCUT2D eigenvalue weighted by atomic mass is 16.4. The van der Waals surface area contributed by atoms with Gasteiger partial charge < -0.3 is 10.0 Å². The Morgan fingerprint density at radius 3 is 2.29 bits per heavy atom. The molecule has 4 nitrogen and oxygen atoms in total. The summed E-state index contributed by atoms with van der Waals surface area (Å²) in [7, 11) is 0. The van der Waals surface area contributed by atoms with E-state index in [1.165, 1.54) is 0 Å². The molecule has 0 aromatic carbocycles. The second kappa shape index (κ2) is 5.07. The van der Waals surface area contributed by atoms with Crippen LogP contribution in [0.5, 0.6) is 0 Å². The van der Waals surface area contributed by atoms with Gasteiger partial charge in [-0.15, -0.1) is 0 Å². The van der Waals surface area contributed by atoms with Gasteiger partial charge in [-0.25, -0.2) is 0 Å². The minimum atomic E-state index is -0.796. The van der Waals surface area contributed by atoms with Crippen LogP contribution in [0.2, 0.25) is 0 Å². The van der Waals surface area contributed by atoms with Crippen LogP contribution in [-0.2, 0) is 9.59 Å². The number of carboxylic acid groups (broad SMARTS) is 1. The summed E-state index contributed by atoms with van der Waals surface area (Å²) in [5.74, 6) is -0.874. The Morgan fingerprint density at radius 1 is 1.12 bits per heavy atom. The van der Waals surface area contributed by atoms with Crippen molar-refractivity contribution in [3.05, 3.63) is 0 Å². The van der Waals surface area contributed by atoms with E-state index < -0.39 is 11.9 Å². The second-order valence-corrected chi connectivity index (χ2v) is 5.51. The minimum absolute atomic E-state index is 0.0847. The lowest BCUT2D eigenvalue weighted by molar-refractivity contribution is -0.151. The van der Waals surface area contributed by atoms with E-state index in [4.69, 9.17) is 0 Å². The molecule has 1 aliphatic heterocycles. The van der Waals surface area contributed by atoms with Gasteiger partial charge in [-0.1, -0.05) is 19.8 Å². The molecule has 96 valence electrons. The predicted octanol–water partition coefficient (Wildman–Crippen LogP) is 1.75. The first kappa shape index (κ1) is 12.4. The molecular formula is C13H21NO3. The quantitative estimate of drug-likeness (QED) is 0.798. The molecule has 1 saturated heterocycles. The van der Waals surface area contributed by atoms with E-state index in [9.17, 15) is 14.7 Å². The number of carbonyl (C=O) groups excluding carboxylic acids is 1. The van der Waals surface area contributed by atoms with Gasteiger partial charge >= 0.3 is 5.97 Å². The molecule has 2 rings (SSSR count). The van der Waals surface area contributed by atoms with Crippen molar-refractivity contribution >= 4 is 11.9 Å². The molecule has 3 atom stereocenters. The maximum Gasteiger partial charge on any atom is 0.307 e. The molecule has 1 aliphatic carbocycles. The number of aliphatic carboxylic acids is 1. The summed E-state index contributed by atoms with van der Waals surface area (Å²) in [5, 5.41) is 9.18. The highest BCUT2D eigenvalue weighted by molar-refractivity contribution is 5.85. The van der Waals surface area contributed by atoms with Crippen molar-refractivity contribution in [3.8, 4) is 0 Å². The maximum atomic E-state index is 12.3. The zero-order valence-corrected chi connectivity index (χ0v) is 10.4.